The summed E-state index contributed by atoms with van der Waals surface area (Å²) in [6.07, 6.45) is -1.44. The zero-order valence-electron chi connectivity index (χ0n) is 19.6. The number of halogens is 3. The molecule has 4 rings (SSSR count). The first-order chi connectivity index (χ1) is 17.4. The maximum absolute atomic E-state index is 12.6. The number of carboxylic acids is 1. The van der Waals surface area contributed by atoms with Gasteiger partial charge in [0.15, 0.2) is 5.13 Å². The molecule has 0 aliphatic rings. The number of aromatic carboxylic acids is 1. The normalized spacial score (nSPS) is 10.7. The van der Waals surface area contributed by atoms with Gasteiger partial charge in [-0.05, 0) is 61.9 Å². The van der Waals surface area contributed by atoms with Crippen molar-refractivity contribution in [3.05, 3.63) is 94.3 Å². The molecule has 0 spiro atoms. The Balaban J connectivity index is 0.000000213. The molecule has 4 aromatic rings. The van der Waals surface area contributed by atoms with Gasteiger partial charge in [-0.3, -0.25) is 9.78 Å². The molecular formula is C25H22F3N5O3S. The summed E-state index contributed by atoms with van der Waals surface area (Å²) in [6, 6.07) is 12.9. The number of nitrogen functional groups attached to an aromatic ring is 1. The standard InChI is InChI=1S/C15H13F3N2O.C10H9N3O2S/c1-9-5-6-10(7-13(9)19)14(21)20-12-4-2-3-11(8-12)15(16,17)18;1-6-2-3-7(4-11-6)13-10-12-5-8(16-10)9(14)15/h2-8H,19H2,1H3,(H,20,21);2-5H,1H3,(H,12,13)(H,14,15). The Bertz CT molecular complexity index is 1410. The highest BCUT2D eigenvalue weighted by Gasteiger charge is 2.30. The van der Waals surface area contributed by atoms with E-state index in [1.807, 2.05) is 19.1 Å². The van der Waals surface area contributed by atoms with Gasteiger partial charge in [-0.15, -0.1) is 0 Å². The van der Waals surface area contributed by atoms with Gasteiger partial charge < -0.3 is 21.5 Å². The van der Waals surface area contributed by atoms with Crippen molar-refractivity contribution in [1.29, 1.82) is 0 Å². The summed E-state index contributed by atoms with van der Waals surface area (Å²) in [5, 5.41) is 14.7. The summed E-state index contributed by atoms with van der Waals surface area (Å²) in [7, 11) is 0. The SMILES string of the molecule is Cc1ccc(C(=O)Nc2cccc(C(F)(F)F)c2)cc1N.Cc1ccc(Nc2ncc(C(=O)O)s2)cn1. The second kappa shape index (κ2) is 11.5. The first-order valence-corrected chi connectivity index (χ1v) is 11.5. The number of nitrogens with zero attached hydrogens (tertiary/aromatic N) is 2. The first kappa shape index (κ1) is 27.1. The summed E-state index contributed by atoms with van der Waals surface area (Å²) < 4.78 is 37.8. The molecule has 2 aromatic heterocycles. The van der Waals surface area contributed by atoms with Crippen molar-refractivity contribution < 1.29 is 27.9 Å². The van der Waals surface area contributed by atoms with E-state index < -0.39 is 23.6 Å². The number of alkyl halides is 3. The van der Waals surface area contributed by atoms with Crippen LogP contribution in [0.3, 0.4) is 0 Å². The predicted octanol–water partition coefficient (Wildman–Crippen LogP) is 6.14. The van der Waals surface area contributed by atoms with Gasteiger partial charge in [-0.25, -0.2) is 9.78 Å². The average molecular weight is 530 g/mol. The molecule has 0 radical (unpaired) electrons. The van der Waals surface area contributed by atoms with Crippen LogP contribution in [0.5, 0.6) is 0 Å². The zero-order chi connectivity index (χ0) is 27.2. The van der Waals surface area contributed by atoms with E-state index >= 15 is 0 Å². The van der Waals surface area contributed by atoms with Gasteiger partial charge in [0.25, 0.3) is 5.91 Å². The molecule has 0 aliphatic carbocycles. The summed E-state index contributed by atoms with van der Waals surface area (Å²) in [4.78, 5) is 30.9. The minimum absolute atomic E-state index is 0.0778. The Morgan fingerprint density at radius 1 is 0.973 bits per heavy atom. The highest BCUT2D eigenvalue weighted by atomic mass is 32.1. The molecule has 0 atom stereocenters. The number of amides is 1. The number of aryl methyl sites for hydroxylation is 2. The number of carboxylic acid groups (broad SMARTS) is 1. The largest absolute Gasteiger partial charge is 0.477 e. The number of pyridine rings is 1. The highest BCUT2D eigenvalue weighted by molar-refractivity contribution is 7.17. The number of aromatic nitrogens is 2. The van der Waals surface area contributed by atoms with Crippen LogP contribution in [-0.4, -0.2) is 27.0 Å². The van der Waals surface area contributed by atoms with E-state index in [1.54, 1.807) is 25.3 Å². The van der Waals surface area contributed by atoms with E-state index in [2.05, 4.69) is 20.6 Å². The van der Waals surface area contributed by atoms with E-state index in [1.165, 1.54) is 24.4 Å². The molecule has 0 aliphatic heterocycles. The molecule has 2 aromatic carbocycles. The summed E-state index contributed by atoms with van der Waals surface area (Å²) in [5.41, 5.74) is 8.24. The Kier molecular flexibility index (Phi) is 8.45. The molecule has 0 bridgehead atoms. The number of rotatable bonds is 5. The van der Waals surface area contributed by atoms with E-state index in [0.717, 1.165) is 40.4 Å². The number of anilines is 4. The Labute approximate surface area is 214 Å². The second-order valence-corrected chi connectivity index (χ2v) is 8.78. The van der Waals surface area contributed by atoms with Crippen molar-refractivity contribution in [3.63, 3.8) is 0 Å². The number of carbonyl (C=O) groups is 2. The van der Waals surface area contributed by atoms with Crippen LogP contribution < -0.4 is 16.4 Å². The van der Waals surface area contributed by atoms with Crippen LogP contribution in [0.15, 0.2) is 67.0 Å². The molecule has 0 fully saturated rings. The van der Waals surface area contributed by atoms with E-state index in [9.17, 15) is 22.8 Å². The van der Waals surface area contributed by atoms with Crippen LogP contribution in [0.4, 0.5) is 35.4 Å². The summed E-state index contributed by atoms with van der Waals surface area (Å²) >= 11 is 1.09. The van der Waals surface area contributed by atoms with E-state index in [0.29, 0.717) is 10.8 Å². The maximum Gasteiger partial charge on any atom is 0.416 e. The van der Waals surface area contributed by atoms with Crippen LogP contribution in [0.1, 0.15) is 36.9 Å². The monoisotopic (exact) mass is 529 g/mol. The van der Waals surface area contributed by atoms with Crippen molar-refractivity contribution in [3.8, 4) is 0 Å². The molecule has 0 unspecified atom stereocenters. The number of nitrogens with two attached hydrogens (primary N) is 1. The molecule has 2 heterocycles. The number of thiazole rings is 1. The fourth-order valence-corrected chi connectivity index (χ4v) is 3.53. The second-order valence-electron chi connectivity index (χ2n) is 7.75. The maximum atomic E-state index is 12.6. The van der Waals surface area contributed by atoms with Crippen molar-refractivity contribution in [2.45, 2.75) is 20.0 Å². The van der Waals surface area contributed by atoms with Crippen LogP contribution >= 0.6 is 11.3 Å². The van der Waals surface area contributed by atoms with Gasteiger partial charge >= 0.3 is 12.1 Å². The van der Waals surface area contributed by atoms with Gasteiger partial charge in [0.2, 0.25) is 0 Å². The van der Waals surface area contributed by atoms with Gasteiger partial charge in [-0.1, -0.05) is 23.5 Å². The first-order valence-electron chi connectivity index (χ1n) is 10.7. The Hall–Kier alpha value is -4.45. The Morgan fingerprint density at radius 3 is 2.32 bits per heavy atom. The molecule has 0 saturated carbocycles. The van der Waals surface area contributed by atoms with E-state index in [-0.39, 0.29) is 16.1 Å². The third kappa shape index (κ3) is 7.77. The van der Waals surface area contributed by atoms with Crippen LogP contribution in [0.25, 0.3) is 0 Å². The number of benzene rings is 2. The van der Waals surface area contributed by atoms with E-state index in [4.69, 9.17) is 10.8 Å². The van der Waals surface area contributed by atoms with Crippen LogP contribution in [-0.2, 0) is 6.18 Å². The lowest BCUT2D eigenvalue weighted by atomic mass is 10.1. The molecular weight excluding hydrogens is 507 g/mol. The fourth-order valence-electron chi connectivity index (χ4n) is 2.85. The fraction of sp³-hybridized carbons (Fsp3) is 0.120. The van der Waals surface area contributed by atoms with Gasteiger partial charge in [-0.2, -0.15) is 13.2 Å². The van der Waals surface area contributed by atoms with Gasteiger partial charge in [0.05, 0.1) is 23.6 Å². The Morgan fingerprint density at radius 2 is 1.73 bits per heavy atom. The summed E-state index contributed by atoms with van der Waals surface area (Å²) in [5.74, 6) is -1.48. The van der Waals surface area contributed by atoms with Crippen molar-refractivity contribution >= 4 is 45.4 Å². The predicted molar refractivity (Wildman–Crippen MR) is 136 cm³/mol. The van der Waals surface area contributed by atoms with Crippen molar-refractivity contribution in [1.82, 2.24) is 9.97 Å². The van der Waals surface area contributed by atoms with Crippen molar-refractivity contribution in [2.75, 3.05) is 16.4 Å². The topological polar surface area (TPSA) is 130 Å². The minimum atomic E-state index is -4.45. The molecule has 192 valence electrons. The molecule has 1 amide bonds. The smallest absolute Gasteiger partial charge is 0.416 e. The third-order valence-corrected chi connectivity index (χ3v) is 5.77. The zero-order valence-corrected chi connectivity index (χ0v) is 20.4. The lowest BCUT2D eigenvalue weighted by molar-refractivity contribution is -0.137. The van der Waals surface area contributed by atoms with Gasteiger partial charge in [0.1, 0.15) is 4.88 Å². The quantitative estimate of drug-likeness (QED) is 0.229. The number of hydrogen-bond acceptors (Lipinski definition) is 7. The van der Waals surface area contributed by atoms with Crippen molar-refractivity contribution in [2.24, 2.45) is 0 Å². The number of carbonyl (C=O) groups excluding carboxylic acids is 1. The lowest BCUT2D eigenvalue weighted by Gasteiger charge is -2.10. The van der Waals surface area contributed by atoms with Crippen LogP contribution in [0, 0.1) is 13.8 Å². The van der Waals surface area contributed by atoms with Gasteiger partial charge in [0, 0.05) is 22.6 Å². The molecule has 0 saturated heterocycles. The molecule has 12 heteroatoms. The number of hydrogen-bond donors (Lipinski definition) is 4. The lowest BCUT2D eigenvalue weighted by Crippen LogP contribution is -2.13. The highest BCUT2D eigenvalue weighted by Crippen LogP contribution is 2.30. The third-order valence-electron chi connectivity index (χ3n) is 4.87. The average Bonchev–Trinajstić information content (AvgIpc) is 3.31. The van der Waals surface area contributed by atoms with Crippen LogP contribution in [0.2, 0.25) is 0 Å². The molecule has 37 heavy (non-hydrogen) atoms. The number of nitrogens with one attached hydrogen (secondary N) is 2. The summed E-state index contributed by atoms with van der Waals surface area (Å²) in [6.45, 7) is 3.69. The molecule has 5 N–H and O–H groups in total. The molecule has 8 nitrogen and oxygen atoms in total. The minimum Gasteiger partial charge on any atom is -0.477 e.